The van der Waals surface area contributed by atoms with E-state index in [9.17, 15) is 0 Å². The van der Waals surface area contributed by atoms with Gasteiger partial charge in [0.1, 0.15) is 11.2 Å². The Labute approximate surface area is 349 Å². The maximum Gasteiger partial charge on any atom is 0.179 e. The van der Waals surface area contributed by atoms with Crippen molar-refractivity contribution in [1.29, 1.82) is 0 Å². The highest BCUT2D eigenvalue weighted by Crippen LogP contribution is 2.34. The minimum Gasteiger partial charge on any atom is -0.456 e. The van der Waals surface area contributed by atoms with Crippen LogP contribution in [0.3, 0.4) is 0 Å². The lowest BCUT2D eigenvalue weighted by Crippen LogP contribution is -2.74. The van der Waals surface area contributed by atoms with Crippen molar-refractivity contribution >= 4 is 61.5 Å². The first kappa shape index (κ1) is 35.4. The van der Waals surface area contributed by atoms with Crippen LogP contribution in [-0.4, -0.2) is 23.0 Å². The average Bonchev–Trinajstić information content (AvgIpc) is 3.71. The molecule has 2 aromatic heterocycles. The molecular formula is C55H37N3OSi. The van der Waals surface area contributed by atoms with Crippen molar-refractivity contribution in [2.45, 2.75) is 0 Å². The van der Waals surface area contributed by atoms with Crippen LogP contribution < -0.4 is 20.7 Å². The lowest BCUT2D eigenvalue weighted by molar-refractivity contribution is 0.669. The molecule has 0 radical (unpaired) electrons. The monoisotopic (exact) mass is 783 g/mol. The summed E-state index contributed by atoms with van der Waals surface area (Å²) in [5.74, 6) is 1.80. The Kier molecular flexibility index (Phi) is 8.79. The van der Waals surface area contributed by atoms with Crippen LogP contribution in [0.5, 0.6) is 0 Å². The maximum atomic E-state index is 6.32. The average molecular weight is 784 g/mol. The van der Waals surface area contributed by atoms with Crippen molar-refractivity contribution in [3.8, 4) is 45.3 Å². The number of fused-ring (bicyclic) bond motifs is 4. The van der Waals surface area contributed by atoms with E-state index in [1.807, 2.05) is 24.3 Å². The molecule has 9 aromatic carbocycles. The number of aromatic nitrogens is 3. The Morgan fingerprint density at radius 1 is 0.300 bits per heavy atom. The molecular weight excluding hydrogens is 747 g/mol. The van der Waals surface area contributed by atoms with Crippen LogP contribution in [0.25, 0.3) is 78.0 Å². The summed E-state index contributed by atoms with van der Waals surface area (Å²) in [4.78, 5) is 15.5. The molecule has 11 aromatic rings. The lowest BCUT2D eigenvalue weighted by Gasteiger charge is -2.34. The molecule has 0 aliphatic carbocycles. The second-order valence-corrected chi connectivity index (χ2v) is 19.0. The third kappa shape index (κ3) is 6.11. The van der Waals surface area contributed by atoms with Gasteiger partial charge >= 0.3 is 0 Å². The zero-order valence-electron chi connectivity index (χ0n) is 32.6. The van der Waals surface area contributed by atoms with Crippen molar-refractivity contribution in [2.24, 2.45) is 0 Å². The molecule has 282 valence electrons. The number of benzene rings is 9. The van der Waals surface area contributed by atoms with Crippen LogP contribution in [0.15, 0.2) is 229 Å². The van der Waals surface area contributed by atoms with Crippen LogP contribution in [0.1, 0.15) is 0 Å². The molecule has 0 aliphatic rings. The van der Waals surface area contributed by atoms with Gasteiger partial charge in [0.05, 0.1) is 0 Å². The van der Waals surface area contributed by atoms with E-state index in [1.54, 1.807) is 0 Å². The summed E-state index contributed by atoms with van der Waals surface area (Å²) in [5, 5.41) is 9.85. The normalized spacial score (nSPS) is 11.7. The third-order valence-corrected chi connectivity index (χ3v) is 16.5. The van der Waals surface area contributed by atoms with Crippen molar-refractivity contribution in [2.75, 3.05) is 0 Å². The minimum atomic E-state index is -2.71. The molecule has 11 rings (SSSR count). The summed E-state index contributed by atoms with van der Waals surface area (Å²) in [7, 11) is -2.71. The first-order valence-corrected chi connectivity index (χ1v) is 22.3. The molecule has 2 heterocycles. The van der Waals surface area contributed by atoms with Gasteiger partial charge in [-0.25, -0.2) is 15.0 Å². The summed E-state index contributed by atoms with van der Waals surface area (Å²) in [6, 6.07) is 79.8. The van der Waals surface area contributed by atoms with Gasteiger partial charge in [0.25, 0.3) is 0 Å². The maximum absolute atomic E-state index is 6.32. The van der Waals surface area contributed by atoms with Gasteiger partial charge in [-0.05, 0) is 60.8 Å². The summed E-state index contributed by atoms with van der Waals surface area (Å²) >= 11 is 0. The first-order valence-electron chi connectivity index (χ1n) is 20.3. The molecule has 0 bridgehead atoms. The van der Waals surface area contributed by atoms with Crippen molar-refractivity contribution in [3.05, 3.63) is 224 Å². The molecule has 5 heteroatoms. The molecule has 0 saturated carbocycles. The highest BCUT2D eigenvalue weighted by molar-refractivity contribution is 7.19. The predicted molar refractivity (Wildman–Crippen MR) is 250 cm³/mol. The number of nitrogens with zero attached hydrogens (tertiary/aromatic N) is 3. The van der Waals surface area contributed by atoms with Crippen LogP contribution in [0.2, 0.25) is 0 Å². The molecule has 0 N–H and O–H groups in total. The van der Waals surface area contributed by atoms with Gasteiger partial charge < -0.3 is 4.42 Å². The minimum absolute atomic E-state index is 0.584. The number of furan rings is 1. The lowest BCUT2D eigenvalue weighted by atomic mass is 9.97. The SMILES string of the molecule is c1ccc([Si](c2ccccc2)(c2ccccc2)c2ccc(-c3nc(-c4ccc(-c5cccc6ccccc56)cc4)nc(-c4ccc5c(c4)oc4ccccc45)n3)cc2)cc1. The quantitative estimate of drug-likeness (QED) is 0.114. The van der Waals surface area contributed by atoms with Crippen LogP contribution in [-0.2, 0) is 0 Å². The summed E-state index contributed by atoms with van der Waals surface area (Å²) in [5.41, 5.74) is 6.67. The molecule has 0 amide bonds. The fourth-order valence-corrected chi connectivity index (χ4v) is 13.6. The largest absolute Gasteiger partial charge is 0.456 e. The third-order valence-electron chi connectivity index (χ3n) is 11.7. The van der Waals surface area contributed by atoms with E-state index in [0.29, 0.717) is 17.5 Å². The fourth-order valence-electron chi connectivity index (χ4n) is 8.84. The van der Waals surface area contributed by atoms with Gasteiger partial charge in [-0.2, -0.15) is 0 Å². The first-order chi connectivity index (χ1) is 29.7. The fraction of sp³-hybridized carbons (Fsp3) is 0. The zero-order chi connectivity index (χ0) is 39.9. The topological polar surface area (TPSA) is 51.8 Å². The second-order valence-electron chi connectivity index (χ2n) is 15.1. The van der Waals surface area contributed by atoms with E-state index in [0.717, 1.165) is 44.2 Å². The smallest absolute Gasteiger partial charge is 0.179 e. The van der Waals surface area contributed by atoms with E-state index in [-0.39, 0.29) is 0 Å². The number of rotatable bonds is 8. The van der Waals surface area contributed by atoms with Gasteiger partial charge in [-0.15, -0.1) is 0 Å². The van der Waals surface area contributed by atoms with Crippen molar-refractivity contribution < 1.29 is 4.42 Å². The Morgan fingerprint density at radius 3 is 1.35 bits per heavy atom. The van der Waals surface area contributed by atoms with Gasteiger partial charge in [0.15, 0.2) is 25.5 Å². The van der Waals surface area contributed by atoms with Crippen LogP contribution in [0.4, 0.5) is 0 Å². The number of hydrogen-bond donors (Lipinski definition) is 0. The summed E-state index contributed by atoms with van der Waals surface area (Å²) in [6.45, 7) is 0. The number of hydrogen-bond acceptors (Lipinski definition) is 4. The zero-order valence-corrected chi connectivity index (χ0v) is 33.6. The van der Waals surface area contributed by atoms with E-state index in [4.69, 9.17) is 19.4 Å². The van der Waals surface area contributed by atoms with Crippen molar-refractivity contribution in [3.63, 3.8) is 0 Å². The highest BCUT2D eigenvalue weighted by Gasteiger charge is 2.41. The van der Waals surface area contributed by atoms with Crippen LogP contribution >= 0.6 is 0 Å². The Hall–Kier alpha value is -7.73. The van der Waals surface area contributed by atoms with Gasteiger partial charge in [-0.1, -0.05) is 206 Å². The van der Waals surface area contributed by atoms with Crippen molar-refractivity contribution in [1.82, 2.24) is 15.0 Å². The summed E-state index contributed by atoms with van der Waals surface area (Å²) < 4.78 is 6.32. The molecule has 0 aliphatic heterocycles. The standard InChI is InChI=1S/C55H37N3OSi/c1-4-17-43(18-5-1)60(44-19-6-2-7-20-44,45-21-8-3-9-22-45)46-34-31-41(32-35-46)54-56-53(40-29-27-39(28-30-40)48-25-14-16-38-15-10-11-23-47(38)48)57-55(58-54)42-33-36-50-49-24-12-13-26-51(49)59-52(50)37-42/h1-37H. The second kappa shape index (κ2) is 14.9. The molecule has 60 heavy (non-hydrogen) atoms. The number of para-hydroxylation sites is 1. The van der Waals surface area contributed by atoms with E-state index >= 15 is 0 Å². The Balaban J connectivity index is 1.06. The van der Waals surface area contributed by atoms with E-state index < -0.39 is 8.07 Å². The predicted octanol–water partition coefficient (Wildman–Crippen LogP) is 11.0. The molecule has 0 spiro atoms. The molecule has 0 fully saturated rings. The highest BCUT2D eigenvalue weighted by atomic mass is 28.3. The molecule has 0 saturated heterocycles. The van der Waals surface area contributed by atoms with E-state index in [2.05, 4.69) is 200 Å². The van der Waals surface area contributed by atoms with Gasteiger partial charge in [0.2, 0.25) is 0 Å². The van der Waals surface area contributed by atoms with E-state index in [1.165, 1.54) is 37.1 Å². The molecule has 0 unspecified atom stereocenters. The molecule has 0 atom stereocenters. The Morgan fingerprint density at radius 2 is 0.733 bits per heavy atom. The van der Waals surface area contributed by atoms with Gasteiger partial charge in [0, 0.05) is 27.5 Å². The summed E-state index contributed by atoms with van der Waals surface area (Å²) in [6.07, 6.45) is 0. The molecule has 4 nitrogen and oxygen atoms in total. The van der Waals surface area contributed by atoms with Crippen LogP contribution in [0, 0.1) is 0 Å². The Bertz CT molecular complexity index is 3190. The van der Waals surface area contributed by atoms with Gasteiger partial charge in [-0.3, -0.25) is 0 Å².